The first-order valence-corrected chi connectivity index (χ1v) is 7.40. The zero-order valence-electron chi connectivity index (χ0n) is 11.0. The number of amides is 1. The van der Waals surface area contributed by atoms with Crippen LogP contribution in [-0.2, 0) is 11.3 Å². The van der Waals surface area contributed by atoms with Gasteiger partial charge in [0.05, 0.1) is 11.9 Å². The Labute approximate surface area is 117 Å². The van der Waals surface area contributed by atoms with Crippen molar-refractivity contribution < 1.29 is 15.0 Å². The average molecular weight is 281 g/mol. The van der Waals surface area contributed by atoms with Gasteiger partial charge in [0.2, 0.25) is 5.91 Å². The molecule has 0 radical (unpaired) electrons. The Balaban J connectivity index is 2.10. The topological polar surface area (TPSA) is 60.8 Å². The lowest BCUT2D eigenvalue weighted by Gasteiger charge is -2.34. The number of nitrogens with zero attached hydrogens (tertiary/aromatic N) is 1. The van der Waals surface area contributed by atoms with Gasteiger partial charge in [0.25, 0.3) is 0 Å². The highest BCUT2D eigenvalue weighted by Crippen LogP contribution is 2.37. The second-order valence-corrected chi connectivity index (χ2v) is 6.16. The fourth-order valence-electron chi connectivity index (χ4n) is 2.31. The normalized spacial score (nSPS) is 27.0. The van der Waals surface area contributed by atoms with Crippen LogP contribution < -0.4 is 0 Å². The first-order chi connectivity index (χ1) is 9.05. The summed E-state index contributed by atoms with van der Waals surface area (Å²) in [5.74, 6) is 0.497. The van der Waals surface area contributed by atoms with Crippen LogP contribution in [0.15, 0.2) is 30.3 Å². The summed E-state index contributed by atoms with van der Waals surface area (Å²) in [6, 6.07) is 9.65. The lowest BCUT2D eigenvalue weighted by Crippen LogP contribution is -2.47. The number of rotatable bonds is 5. The molecule has 104 valence electrons. The van der Waals surface area contributed by atoms with Crippen LogP contribution in [0.2, 0.25) is 0 Å². The van der Waals surface area contributed by atoms with Gasteiger partial charge in [-0.2, -0.15) is 11.8 Å². The molecule has 2 N–H and O–H groups in total. The molecule has 1 heterocycles. The van der Waals surface area contributed by atoms with Crippen molar-refractivity contribution in [3.05, 3.63) is 35.9 Å². The summed E-state index contributed by atoms with van der Waals surface area (Å²) in [7, 11) is 0. The first kappa shape index (κ1) is 14.4. The maximum Gasteiger partial charge on any atom is 0.226 e. The van der Waals surface area contributed by atoms with Crippen LogP contribution in [0.25, 0.3) is 0 Å². The van der Waals surface area contributed by atoms with Gasteiger partial charge >= 0.3 is 0 Å². The van der Waals surface area contributed by atoms with Gasteiger partial charge in [-0.1, -0.05) is 30.3 Å². The maximum absolute atomic E-state index is 12.1. The van der Waals surface area contributed by atoms with Crippen LogP contribution in [-0.4, -0.2) is 44.4 Å². The first-order valence-electron chi connectivity index (χ1n) is 6.35. The number of benzene rings is 1. The van der Waals surface area contributed by atoms with Crippen molar-refractivity contribution in [2.45, 2.75) is 30.9 Å². The van der Waals surface area contributed by atoms with E-state index in [-0.39, 0.29) is 17.8 Å². The van der Waals surface area contributed by atoms with Crippen LogP contribution in [0.5, 0.6) is 0 Å². The molecule has 0 spiro atoms. The second-order valence-electron chi connectivity index (χ2n) is 4.85. The Kier molecular flexibility index (Phi) is 4.50. The van der Waals surface area contributed by atoms with E-state index < -0.39 is 5.72 Å². The van der Waals surface area contributed by atoms with E-state index in [9.17, 15) is 9.90 Å². The fourth-order valence-corrected chi connectivity index (χ4v) is 3.41. The van der Waals surface area contributed by atoms with Gasteiger partial charge in [0, 0.05) is 18.7 Å². The number of aliphatic hydroxyl groups is 2. The summed E-state index contributed by atoms with van der Waals surface area (Å²) in [4.78, 5) is 13.6. The van der Waals surface area contributed by atoms with Crippen molar-refractivity contribution in [1.82, 2.24) is 4.90 Å². The number of likely N-dealkylation sites (tertiary alicyclic amines) is 1. The summed E-state index contributed by atoms with van der Waals surface area (Å²) in [5.41, 5.74) is -0.156. The Morgan fingerprint density at radius 3 is 2.74 bits per heavy atom. The molecule has 1 amide bonds. The second kappa shape index (κ2) is 5.94. The number of hydrogen-bond donors (Lipinski definition) is 2. The maximum atomic E-state index is 12.1. The van der Waals surface area contributed by atoms with Gasteiger partial charge in [0.1, 0.15) is 5.72 Å². The summed E-state index contributed by atoms with van der Waals surface area (Å²) in [5, 5.41) is 19.3. The van der Waals surface area contributed by atoms with E-state index >= 15 is 0 Å². The number of thioether (sulfide) groups is 1. The third-order valence-corrected chi connectivity index (χ3v) is 4.85. The quantitative estimate of drug-likeness (QED) is 0.852. The molecule has 1 aromatic carbocycles. The molecule has 2 atom stereocenters. The van der Waals surface area contributed by atoms with Crippen molar-refractivity contribution >= 4 is 17.7 Å². The summed E-state index contributed by atoms with van der Waals surface area (Å²) in [6.07, 6.45) is 0.324. The highest BCUT2D eigenvalue weighted by Gasteiger charge is 2.48. The van der Waals surface area contributed by atoms with Gasteiger partial charge in [-0.25, -0.2) is 0 Å². The van der Waals surface area contributed by atoms with E-state index in [1.165, 1.54) is 16.7 Å². The Morgan fingerprint density at radius 1 is 1.42 bits per heavy atom. The van der Waals surface area contributed by atoms with Gasteiger partial charge < -0.3 is 15.1 Å². The van der Waals surface area contributed by atoms with Gasteiger partial charge in [-0.3, -0.25) is 4.79 Å². The van der Waals surface area contributed by atoms with Crippen molar-refractivity contribution in [1.29, 1.82) is 0 Å². The van der Waals surface area contributed by atoms with Crippen molar-refractivity contribution in [3.8, 4) is 0 Å². The Morgan fingerprint density at radius 2 is 2.11 bits per heavy atom. The van der Waals surface area contributed by atoms with Crippen molar-refractivity contribution in [2.24, 2.45) is 0 Å². The molecule has 1 aliphatic heterocycles. The van der Waals surface area contributed by atoms with Gasteiger partial charge in [0.15, 0.2) is 0 Å². The standard InChI is InChI=1S/C14H19NO3S/c1-14(18)12(19-8-7-16)9-13(17)15(14)10-11-5-3-2-4-6-11/h2-6,12,16,18H,7-10H2,1H3. The molecule has 1 fully saturated rings. The minimum Gasteiger partial charge on any atom is -0.396 e. The van der Waals surface area contributed by atoms with Crippen LogP contribution in [0.4, 0.5) is 0 Å². The van der Waals surface area contributed by atoms with E-state index in [0.29, 0.717) is 18.7 Å². The SMILES string of the molecule is CC1(O)C(SCCO)CC(=O)N1Cc1ccccc1. The molecule has 0 bridgehead atoms. The van der Waals surface area contributed by atoms with Crippen molar-refractivity contribution in [2.75, 3.05) is 12.4 Å². The number of aliphatic hydroxyl groups excluding tert-OH is 1. The number of carbonyl (C=O) groups is 1. The third kappa shape index (κ3) is 3.11. The lowest BCUT2D eigenvalue weighted by atomic mass is 10.1. The monoisotopic (exact) mass is 281 g/mol. The molecule has 1 aliphatic rings. The Bertz CT molecular complexity index is 436. The minimum absolute atomic E-state index is 0.0377. The number of hydrogen-bond acceptors (Lipinski definition) is 4. The highest BCUT2D eigenvalue weighted by molar-refractivity contribution is 8.00. The predicted octanol–water partition coefficient (Wildman–Crippen LogP) is 1.22. The predicted molar refractivity (Wildman–Crippen MR) is 75.6 cm³/mol. The third-order valence-electron chi connectivity index (χ3n) is 3.41. The molecule has 0 saturated carbocycles. The molecule has 0 aliphatic carbocycles. The molecular weight excluding hydrogens is 262 g/mol. The molecule has 1 aromatic rings. The molecule has 0 aromatic heterocycles. The molecule has 19 heavy (non-hydrogen) atoms. The van der Waals surface area contributed by atoms with E-state index in [2.05, 4.69) is 0 Å². The molecule has 1 saturated heterocycles. The summed E-state index contributed by atoms with van der Waals surface area (Å²) in [6.45, 7) is 2.16. The van der Waals surface area contributed by atoms with E-state index in [1.54, 1.807) is 6.92 Å². The average Bonchev–Trinajstić information content (AvgIpc) is 2.61. The lowest BCUT2D eigenvalue weighted by molar-refractivity contribution is -0.143. The zero-order valence-corrected chi connectivity index (χ0v) is 11.8. The fraction of sp³-hybridized carbons (Fsp3) is 0.500. The van der Waals surface area contributed by atoms with Crippen LogP contribution >= 0.6 is 11.8 Å². The summed E-state index contributed by atoms with van der Waals surface area (Å²) >= 11 is 1.45. The molecule has 2 unspecified atom stereocenters. The highest BCUT2D eigenvalue weighted by atomic mass is 32.2. The van der Waals surface area contributed by atoms with E-state index in [1.807, 2.05) is 30.3 Å². The minimum atomic E-state index is -1.16. The molecule has 4 nitrogen and oxygen atoms in total. The smallest absolute Gasteiger partial charge is 0.226 e. The van der Waals surface area contributed by atoms with Crippen LogP contribution in [0, 0.1) is 0 Å². The van der Waals surface area contributed by atoms with E-state index in [4.69, 9.17) is 5.11 Å². The van der Waals surface area contributed by atoms with Crippen LogP contribution in [0.3, 0.4) is 0 Å². The molecule has 5 heteroatoms. The zero-order chi connectivity index (χ0) is 13.9. The van der Waals surface area contributed by atoms with E-state index in [0.717, 1.165) is 5.56 Å². The van der Waals surface area contributed by atoms with Crippen LogP contribution in [0.1, 0.15) is 18.9 Å². The van der Waals surface area contributed by atoms with Crippen molar-refractivity contribution in [3.63, 3.8) is 0 Å². The van der Waals surface area contributed by atoms with Gasteiger partial charge in [-0.05, 0) is 12.5 Å². The Hall–Kier alpha value is -1.04. The number of carbonyl (C=O) groups excluding carboxylic acids is 1. The summed E-state index contributed by atoms with van der Waals surface area (Å²) < 4.78 is 0. The molecular formula is C14H19NO3S. The molecule has 2 rings (SSSR count). The van der Waals surface area contributed by atoms with Gasteiger partial charge in [-0.15, -0.1) is 0 Å². The largest absolute Gasteiger partial charge is 0.396 e.